The minimum Gasteiger partial charge on any atom is -0.326 e. The molecule has 118 valence electrons. The maximum atomic E-state index is 12.2. The Morgan fingerprint density at radius 1 is 0.870 bits per heavy atom. The number of nitrogens with one attached hydrogen (secondary N) is 2. The molecule has 0 aliphatic carbocycles. The molecule has 0 radical (unpaired) electrons. The lowest BCUT2D eigenvalue weighted by Gasteiger charge is -2.07. The molecule has 0 fully saturated rings. The van der Waals surface area contributed by atoms with Crippen molar-refractivity contribution in [3.8, 4) is 0 Å². The minimum atomic E-state index is -0.188. The number of hydrogen-bond acceptors (Lipinski definition) is 2. The molecule has 0 atom stereocenters. The Morgan fingerprint density at radius 2 is 1.39 bits per heavy atom. The molecule has 0 aliphatic heterocycles. The number of benzene rings is 2. The summed E-state index contributed by atoms with van der Waals surface area (Å²) < 4.78 is 0. The normalized spacial score (nSPS) is 11.0. The van der Waals surface area contributed by atoms with Crippen molar-refractivity contribution < 1.29 is 9.59 Å². The summed E-state index contributed by atoms with van der Waals surface area (Å²) in [6.07, 6.45) is 1.79. The molecule has 2 amide bonds. The highest BCUT2D eigenvalue weighted by atomic mass is 35.5. The molecule has 0 aliphatic rings. The molecule has 0 aromatic heterocycles. The van der Waals surface area contributed by atoms with E-state index in [-0.39, 0.29) is 11.8 Å². The van der Waals surface area contributed by atoms with Gasteiger partial charge >= 0.3 is 0 Å². The van der Waals surface area contributed by atoms with Crippen LogP contribution in [0.4, 0.5) is 11.4 Å². The first-order valence-corrected chi connectivity index (χ1v) is 7.45. The summed E-state index contributed by atoms with van der Waals surface area (Å²) in [6, 6.07) is 14.2. The Morgan fingerprint density at radius 3 is 1.91 bits per heavy atom. The molecule has 23 heavy (non-hydrogen) atoms. The van der Waals surface area contributed by atoms with Crippen LogP contribution >= 0.6 is 11.6 Å². The van der Waals surface area contributed by atoms with Gasteiger partial charge in [-0.25, -0.2) is 0 Å². The predicted octanol–water partition coefficient (Wildman–Crippen LogP) is 4.34. The molecule has 2 aromatic carbocycles. The molecule has 0 heterocycles. The smallest absolute Gasteiger partial charge is 0.251 e. The van der Waals surface area contributed by atoms with Crippen LogP contribution in [0.1, 0.15) is 19.4 Å². The zero-order valence-corrected chi connectivity index (χ0v) is 13.6. The average molecular weight is 329 g/mol. The fourth-order valence-electron chi connectivity index (χ4n) is 1.94. The summed E-state index contributed by atoms with van der Waals surface area (Å²) in [6.45, 7) is 3.19. The van der Waals surface area contributed by atoms with Crippen molar-refractivity contribution in [2.45, 2.75) is 13.8 Å². The van der Waals surface area contributed by atoms with Crippen LogP contribution in [0.5, 0.6) is 0 Å². The number of rotatable bonds is 4. The second kappa shape index (κ2) is 7.61. The predicted molar refractivity (Wildman–Crippen MR) is 94.5 cm³/mol. The average Bonchev–Trinajstić information content (AvgIpc) is 2.51. The number of anilines is 2. The third-order valence-corrected chi connectivity index (χ3v) is 3.33. The van der Waals surface area contributed by atoms with Gasteiger partial charge in [0.05, 0.1) is 0 Å². The number of carbonyl (C=O) groups excluding carboxylic acids is 2. The maximum Gasteiger partial charge on any atom is 0.251 e. The number of carbonyl (C=O) groups is 2. The van der Waals surface area contributed by atoms with E-state index in [2.05, 4.69) is 10.6 Å². The number of amides is 2. The Hall–Kier alpha value is -2.59. The van der Waals surface area contributed by atoms with E-state index in [1.165, 1.54) is 6.92 Å². The molecule has 2 rings (SSSR count). The molecular weight excluding hydrogens is 312 g/mol. The summed E-state index contributed by atoms with van der Waals surface area (Å²) in [7, 11) is 0. The van der Waals surface area contributed by atoms with Crippen LogP contribution in [-0.4, -0.2) is 11.8 Å². The van der Waals surface area contributed by atoms with E-state index in [0.29, 0.717) is 22.0 Å². The fourth-order valence-corrected chi connectivity index (χ4v) is 2.07. The number of hydrogen-bond donors (Lipinski definition) is 2. The molecule has 0 saturated carbocycles. The van der Waals surface area contributed by atoms with E-state index < -0.39 is 0 Å². The van der Waals surface area contributed by atoms with Gasteiger partial charge in [0.1, 0.15) is 0 Å². The molecule has 0 spiro atoms. The second-order valence-electron chi connectivity index (χ2n) is 5.09. The Bertz CT molecular complexity index is 735. The quantitative estimate of drug-likeness (QED) is 0.820. The summed E-state index contributed by atoms with van der Waals surface area (Å²) in [5, 5.41) is 6.14. The van der Waals surface area contributed by atoms with E-state index in [1.54, 1.807) is 49.4 Å². The van der Waals surface area contributed by atoms with Gasteiger partial charge in [-0.2, -0.15) is 0 Å². The molecule has 2 N–H and O–H groups in total. The third-order valence-electron chi connectivity index (χ3n) is 3.07. The van der Waals surface area contributed by atoms with Crippen molar-refractivity contribution in [3.63, 3.8) is 0 Å². The van der Waals surface area contributed by atoms with Gasteiger partial charge in [-0.15, -0.1) is 0 Å². The zero-order valence-electron chi connectivity index (χ0n) is 12.9. The Balaban J connectivity index is 2.03. The van der Waals surface area contributed by atoms with Gasteiger partial charge in [0.25, 0.3) is 5.91 Å². The topological polar surface area (TPSA) is 58.2 Å². The molecule has 0 unspecified atom stereocenters. The molecule has 0 bridgehead atoms. The first-order chi connectivity index (χ1) is 10.9. The van der Waals surface area contributed by atoms with E-state index in [1.807, 2.05) is 12.1 Å². The standard InChI is InChI=1S/C18H17ClN2O2/c1-12(11-14-3-5-15(19)6-4-14)18(23)21-17-9-7-16(8-10-17)20-13(2)22/h3-11H,1-2H3,(H,20,22)(H,21,23)/b12-11+. The first kappa shape index (κ1) is 16.8. The van der Waals surface area contributed by atoms with Gasteiger partial charge in [-0.1, -0.05) is 23.7 Å². The molecule has 0 saturated heterocycles. The number of halogens is 1. The van der Waals surface area contributed by atoms with Crippen LogP contribution in [0, 0.1) is 0 Å². The van der Waals surface area contributed by atoms with Gasteiger partial charge < -0.3 is 10.6 Å². The summed E-state index contributed by atoms with van der Waals surface area (Å²) in [5.41, 5.74) is 2.83. The summed E-state index contributed by atoms with van der Waals surface area (Å²) in [4.78, 5) is 23.1. The highest BCUT2D eigenvalue weighted by Crippen LogP contribution is 2.16. The van der Waals surface area contributed by atoms with Crippen LogP contribution in [0.2, 0.25) is 5.02 Å². The van der Waals surface area contributed by atoms with E-state index >= 15 is 0 Å². The SMILES string of the molecule is CC(=O)Nc1ccc(NC(=O)/C(C)=C/c2ccc(Cl)cc2)cc1. The van der Waals surface area contributed by atoms with Crippen molar-refractivity contribution in [3.05, 3.63) is 64.7 Å². The lowest BCUT2D eigenvalue weighted by molar-refractivity contribution is -0.114. The summed E-state index contributed by atoms with van der Waals surface area (Å²) in [5.74, 6) is -0.323. The fraction of sp³-hybridized carbons (Fsp3) is 0.111. The monoisotopic (exact) mass is 328 g/mol. The van der Waals surface area contributed by atoms with Crippen molar-refractivity contribution in [1.82, 2.24) is 0 Å². The maximum absolute atomic E-state index is 12.2. The van der Waals surface area contributed by atoms with Crippen molar-refractivity contribution in [2.75, 3.05) is 10.6 Å². The van der Waals surface area contributed by atoms with E-state index in [4.69, 9.17) is 11.6 Å². The van der Waals surface area contributed by atoms with E-state index in [0.717, 1.165) is 5.56 Å². The Labute approximate surface area is 140 Å². The zero-order chi connectivity index (χ0) is 16.8. The van der Waals surface area contributed by atoms with Gasteiger partial charge in [0, 0.05) is 28.9 Å². The van der Waals surface area contributed by atoms with Crippen LogP contribution in [0.15, 0.2) is 54.1 Å². The van der Waals surface area contributed by atoms with Crippen molar-refractivity contribution in [2.24, 2.45) is 0 Å². The highest BCUT2D eigenvalue weighted by molar-refractivity contribution is 6.30. The lowest BCUT2D eigenvalue weighted by Crippen LogP contribution is -2.12. The molecular formula is C18H17ClN2O2. The highest BCUT2D eigenvalue weighted by Gasteiger charge is 2.05. The second-order valence-corrected chi connectivity index (χ2v) is 5.53. The minimum absolute atomic E-state index is 0.136. The van der Waals surface area contributed by atoms with E-state index in [9.17, 15) is 9.59 Å². The van der Waals surface area contributed by atoms with Crippen LogP contribution in [0.3, 0.4) is 0 Å². The molecule has 5 heteroatoms. The van der Waals surface area contributed by atoms with Gasteiger partial charge in [0.2, 0.25) is 5.91 Å². The van der Waals surface area contributed by atoms with Crippen LogP contribution in [-0.2, 0) is 9.59 Å². The van der Waals surface area contributed by atoms with Crippen LogP contribution < -0.4 is 10.6 Å². The summed E-state index contributed by atoms with van der Waals surface area (Å²) >= 11 is 5.84. The third kappa shape index (κ3) is 5.27. The van der Waals surface area contributed by atoms with Crippen molar-refractivity contribution in [1.29, 1.82) is 0 Å². The molecule has 4 nitrogen and oxygen atoms in total. The van der Waals surface area contributed by atoms with Crippen LogP contribution in [0.25, 0.3) is 6.08 Å². The molecule has 2 aromatic rings. The largest absolute Gasteiger partial charge is 0.326 e. The first-order valence-electron chi connectivity index (χ1n) is 7.07. The lowest BCUT2D eigenvalue weighted by atomic mass is 10.1. The Kier molecular flexibility index (Phi) is 5.55. The van der Waals surface area contributed by atoms with Gasteiger partial charge in [-0.05, 0) is 55.0 Å². The van der Waals surface area contributed by atoms with Gasteiger partial charge in [-0.3, -0.25) is 9.59 Å². The van der Waals surface area contributed by atoms with Gasteiger partial charge in [0.15, 0.2) is 0 Å². The van der Waals surface area contributed by atoms with Crippen molar-refractivity contribution >= 4 is 40.9 Å².